The number of rotatable bonds is 3. The van der Waals surface area contributed by atoms with E-state index in [9.17, 15) is 22.4 Å². The second kappa shape index (κ2) is 7.74. The zero-order valence-corrected chi connectivity index (χ0v) is 14.7. The summed E-state index contributed by atoms with van der Waals surface area (Å²) in [6, 6.07) is 3.11. The molecule has 1 aromatic heterocycles. The van der Waals surface area contributed by atoms with Gasteiger partial charge in [-0.2, -0.15) is 8.78 Å². The van der Waals surface area contributed by atoms with Crippen LogP contribution < -0.4 is 15.4 Å². The van der Waals surface area contributed by atoms with Gasteiger partial charge in [0.25, 0.3) is 5.91 Å². The maximum atomic E-state index is 13.9. The molecule has 0 bridgehead atoms. The predicted molar refractivity (Wildman–Crippen MR) is 88.4 cm³/mol. The topological polar surface area (TPSA) is 63.2 Å². The van der Waals surface area contributed by atoms with Gasteiger partial charge in [-0.15, -0.1) is 0 Å². The van der Waals surface area contributed by atoms with Crippen molar-refractivity contribution in [2.24, 2.45) is 0 Å². The van der Waals surface area contributed by atoms with E-state index in [-0.39, 0.29) is 10.9 Å². The Labute approximate surface area is 152 Å². The Kier molecular flexibility index (Phi) is 5.90. The molecule has 0 spiro atoms. The third kappa shape index (κ3) is 4.04. The predicted octanol–water partition coefficient (Wildman–Crippen LogP) is 3.54. The number of benzene rings is 1. The maximum Gasteiger partial charge on any atom is 0.263 e. The summed E-state index contributed by atoms with van der Waals surface area (Å²) in [6.45, 7) is 0. The van der Waals surface area contributed by atoms with Crippen molar-refractivity contribution in [1.29, 1.82) is 0 Å². The van der Waals surface area contributed by atoms with Gasteiger partial charge in [-0.25, -0.2) is 13.8 Å². The zero-order valence-electron chi connectivity index (χ0n) is 12.3. The standard InChI is InChI=1S/C14H8BrF4N3O2S/c1-24-12-10(18)8(16)7(9(17)11(12)19)13(23)22-14(25)21-6-3-2-5(15)4-20-6/h2-4H,1H3,(H2,20,21,22,23,25). The van der Waals surface area contributed by atoms with Crippen molar-refractivity contribution in [1.82, 2.24) is 10.3 Å². The van der Waals surface area contributed by atoms with Gasteiger partial charge in [0.2, 0.25) is 11.6 Å². The summed E-state index contributed by atoms with van der Waals surface area (Å²) in [5.74, 6) is -10.0. The number of hydrogen-bond donors (Lipinski definition) is 2. The minimum absolute atomic E-state index is 0.224. The highest BCUT2D eigenvalue weighted by atomic mass is 79.9. The van der Waals surface area contributed by atoms with Gasteiger partial charge in [-0.1, -0.05) is 0 Å². The summed E-state index contributed by atoms with van der Waals surface area (Å²) >= 11 is 7.96. The number of hydrogen-bond acceptors (Lipinski definition) is 4. The first-order valence-electron chi connectivity index (χ1n) is 6.40. The van der Waals surface area contributed by atoms with Gasteiger partial charge in [0, 0.05) is 10.7 Å². The first-order valence-corrected chi connectivity index (χ1v) is 7.60. The van der Waals surface area contributed by atoms with Crippen LogP contribution in [0.3, 0.4) is 0 Å². The van der Waals surface area contributed by atoms with Gasteiger partial charge in [0.05, 0.1) is 7.11 Å². The second-order valence-electron chi connectivity index (χ2n) is 4.43. The molecule has 0 radical (unpaired) electrons. The van der Waals surface area contributed by atoms with Crippen LogP contribution >= 0.6 is 28.1 Å². The highest BCUT2D eigenvalue weighted by Gasteiger charge is 2.30. The molecule has 2 aromatic rings. The summed E-state index contributed by atoms with van der Waals surface area (Å²) < 4.78 is 59.9. The lowest BCUT2D eigenvalue weighted by atomic mass is 10.1. The van der Waals surface area contributed by atoms with E-state index in [2.05, 4.69) is 31.0 Å². The average Bonchev–Trinajstić information content (AvgIpc) is 2.56. The summed E-state index contributed by atoms with van der Waals surface area (Å²) in [5.41, 5.74) is -1.47. The first-order chi connectivity index (χ1) is 11.8. The van der Waals surface area contributed by atoms with Crippen molar-refractivity contribution in [3.8, 4) is 5.75 Å². The van der Waals surface area contributed by atoms with E-state index in [1.807, 2.05) is 5.32 Å². The molecular formula is C14H8BrF4N3O2S. The van der Waals surface area contributed by atoms with Crippen LogP contribution in [-0.2, 0) is 0 Å². The highest BCUT2D eigenvalue weighted by Crippen LogP contribution is 2.29. The van der Waals surface area contributed by atoms with E-state index in [0.717, 1.165) is 7.11 Å². The Balaban J connectivity index is 2.23. The lowest BCUT2D eigenvalue weighted by molar-refractivity contribution is 0.0966. The molecule has 2 rings (SSSR count). The summed E-state index contributed by atoms with van der Waals surface area (Å²) in [5, 5.41) is 4.00. The van der Waals surface area contributed by atoms with Gasteiger partial charge in [0.15, 0.2) is 22.5 Å². The van der Waals surface area contributed by atoms with Crippen LogP contribution in [0, 0.1) is 23.3 Å². The first kappa shape index (κ1) is 19.1. The fraction of sp³-hybridized carbons (Fsp3) is 0.0714. The quantitative estimate of drug-likeness (QED) is 0.436. The van der Waals surface area contributed by atoms with Crippen molar-refractivity contribution in [2.75, 3.05) is 12.4 Å². The average molecular weight is 438 g/mol. The number of carbonyl (C=O) groups excluding carboxylic acids is 1. The molecule has 0 unspecified atom stereocenters. The number of thiocarbonyl (C=S) groups is 1. The van der Waals surface area contributed by atoms with Crippen LogP contribution in [0.1, 0.15) is 10.4 Å². The highest BCUT2D eigenvalue weighted by molar-refractivity contribution is 9.10. The molecule has 0 aliphatic heterocycles. The third-order valence-electron chi connectivity index (χ3n) is 2.85. The molecule has 0 saturated carbocycles. The maximum absolute atomic E-state index is 13.9. The zero-order chi connectivity index (χ0) is 18.7. The molecule has 1 amide bonds. The molecule has 0 aliphatic rings. The number of aromatic nitrogens is 1. The van der Waals surface area contributed by atoms with Crippen LogP contribution in [0.25, 0.3) is 0 Å². The molecule has 0 aliphatic carbocycles. The fourth-order valence-corrected chi connectivity index (χ4v) is 2.18. The Hall–Kier alpha value is -2.27. The fourth-order valence-electron chi connectivity index (χ4n) is 1.75. The number of nitrogens with one attached hydrogen (secondary N) is 2. The summed E-state index contributed by atoms with van der Waals surface area (Å²) in [4.78, 5) is 15.8. The van der Waals surface area contributed by atoms with Gasteiger partial charge < -0.3 is 10.1 Å². The van der Waals surface area contributed by atoms with Gasteiger partial charge in [-0.05, 0) is 40.3 Å². The van der Waals surface area contributed by atoms with Crippen molar-refractivity contribution in [3.63, 3.8) is 0 Å². The number of anilines is 1. The molecule has 11 heteroatoms. The molecule has 0 fully saturated rings. The van der Waals surface area contributed by atoms with Gasteiger partial charge in [0.1, 0.15) is 11.4 Å². The molecule has 132 valence electrons. The Morgan fingerprint density at radius 1 is 1.16 bits per heavy atom. The number of methoxy groups -OCH3 is 1. The smallest absolute Gasteiger partial charge is 0.263 e. The van der Waals surface area contributed by atoms with Crippen molar-refractivity contribution in [3.05, 3.63) is 51.6 Å². The molecule has 0 saturated heterocycles. The SMILES string of the molecule is COc1c(F)c(F)c(C(=O)NC(=S)Nc2ccc(Br)cn2)c(F)c1F. The van der Waals surface area contributed by atoms with E-state index in [4.69, 9.17) is 12.2 Å². The number of nitrogens with zero attached hydrogens (tertiary/aromatic N) is 1. The Morgan fingerprint density at radius 2 is 1.76 bits per heavy atom. The number of ether oxygens (including phenoxy) is 1. The largest absolute Gasteiger partial charge is 0.491 e. The third-order valence-corrected chi connectivity index (χ3v) is 3.52. The van der Waals surface area contributed by atoms with Crippen LogP contribution in [0.2, 0.25) is 0 Å². The number of amides is 1. The second-order valence-corrected chi connectivity index (χ2v) is 5.76. The normalized spacial score (nSPS) is 10.3. The van der Waals surface area contributed by atoms with Crippen molar-refractivity contribution in [2.45, 2.75) is 0 Å². The van der Waals surface area contributed by atoms with Crippen molar-refractivity contribution < 1.29 is 27.1 Å². The molecule has 1 aromatic carbocycles. The minimum atomic E-state index is -1.90. The summed E-state index contributed by atoms with van der Waals surface area (Å²) in [7, 11) is 0.824. The number of carbonyl (C=O) groups is 1. The van der Waals surface area contributed by atoms with Crippen LogP contribution in [0.5, 0.6) is 5.75 Å². The van der Waals surface area contributed by atoms with Crippen LogP contribution in [0.15, 0.2) is 22.8 Å². The molecule has 5 nitrogen and oxygen atoms in total. The van der Waals surface area contributed by atoms with Gasteiger partial charge >= 0.3 is 0 Å². The monoisotopic (exact) mass is 437 g/mol. The number of pyridine rings is 1. The van der Waals surface area contributed by atoms with Crippen LogP contribution in [-0.4, -0.2) is 23.1 Å². The summed E-state index contributed by atoms with van der Waals surface area (Å²) in [6.07, 6.45) is 1.43. The van der Waals surface area contributed by atoms with E-state index in [1.165, 1.54) is 12.3 Å². The van der Waals surface area contributed by atoms with Gasteiger partial charge in [-0.3, -0.25) is 10.1 Å². The lowest BCUT2D eigenvalue weighted by Gasteiger charge is -2.12. The lowest BCUT2D eigenvalue weighted by Crippen LogP contribution is -2.35. The molecule has 25 heavy (non-hydrogen) atoms. The van der Waals surface area contributed by atoms with E-state index >= 15 is 0 Å². The Morgan fingerprint density at radius 3 is 2.24 bits per heavy atom. The van der Waals surface area contributed by atoms with E-state index in [1.54, 1.807) is 6.07 Å². The molecule has 2 N–H and O–H groups in total. The molecular weight excluding hydrogens is 430 g/mol. The molecule has 1 heterocycles. The molecule has 0 atom stereocenters. The van der Waals surface area contributed by atoms with Crippen LogP contribution in [0.4, 0.5) is 23.4 Å². The Bertz CT molecular complexity index is 820. The number of halogens is 5. The van der Waals surface area contributed by atoms with E-state index < -0.39 is 40.5 Å². The minimum Gasteiger partial charge on any atom is -0.491 e. The van der Waals surface area contributed by atoms with E-state index in [0.29, 0.717) is 4.47 Å². The van der Waals surface area contributed by atoms with Crippen molar-refractivity contribution >= 4 is 45.0 Å².